The minimum atomic E-state index is -5.62. The quantitative estimate of drug-likeness (QED) is 0.157. The Kier molecular flexibility index (Phi) is 3.51. The molecular weight excluding hydrogens is 731 g/mol. The minimum absolute atomic E-state index is 0.0442. The van der Waals surface area contributed by atoms with Crippen LogP contribution in [0, 0.1) is 0 Å². The summed E-state index contributed by atoms with van der Waals surface area (Å²) in [6.45, 7) is 0. The topological polar surface area (TPSA) is 34.1 Å². The van der Waals surface area contributed by atoms with E-state index < -0.39 is 249 Å². The second kappa shape index (κ2) is 12.9. The van der Waals surface area contributed by atoms with E-state index >= 15 is 9.13 Å². The van der Waals surface area contributed by atoms with Crippen LogP contribution in [-0.2, 0) is 14.5 Å². The molecule has 0 bridgehead atoms. The molecule has 9 aromatic rings. The molecule has 0 atom stereocenters. The van der Waals surface area contributed by atoms with Gasteiger partial charge in [-0.2, -0.15) is 0 Å². The molecule has 57 heavy (non-hydrogen) atoms. The summed E-state index contributed by atoms with van der Waals surface area (Å²) in [4.78, 5) is 0. The predicted octanol–water partition coefficient (Wildman–Crippen LogP) is 10.5. The van der Waals surface area contributed by atoms with E-state index in [1.807, 2.05) is 0 Å². The molecule has 0 heterocycles. The van der Waals surface area contributed by atoms with Crippen molar-refractivity contribution in [2.45, 2.75) is 5.41 Å². The zero-order valence-corrected chi connectivity index (χ0v) is 30.5. The fourth-order valence-electron chi connectivity index (χ4n) is 8.03. The average Bonchev–Trinajstić information content (AvgIpc) is 1.47. The standard InChI is InChI=1S/C53H36O2P2/c54-56(38-18-5-1-6-19-38,39-20-7-2-8-21-39)42-30-32-45-46-33-31-43(57(55,40-22-9-3-10-23-40)41-24-11-4-12-25-41)36-51(46)53(50(45)35-42)48-28-16-15-27-47(48)52-44-26-14-13-17-37(44)29-34-49(52)53/h1-36H/i1D,2D,3D,4D,5D,6D,7D,8D,9D,10D,11D,12D,13D,14D,15D,16D,17D,18D,19D,20D,21D,22D,23D,24D,25D,26D,27D,28D,29D. The molecule has 1 spiro atoms. The van der Waals surface area contributed by atoms with Gasteiger partial charge < -0.3 is 9.13 Å². The SMILES string of the molecule is [2H]c1c([2H])c([2H])c(P(=O)(c2ccc3c(c2)C2(c4cc(P(=O)(c5c([2H])c([2H])c([2H])c([2H])c5[2H])c5c([2H])c([2H])c([2H])c([2H])c5[2H])ccc4-3)c3cc([2H])c4c([2H])c([2H])c([2H])c([2H])c4c3-c3c([2H])c([2H])c([2H])c([2H])c32)c2c([2H])c([2H])c([2H])c([2H])c2[2H])c([2H])c1[2H]. The summed E-state index contributed by atoms with van der Waals surface area (Å²) in [6.07, 6.45) is 0. The van der Waals surface area contributed by atoms with Crippen LogP contribution < -0.4 is 31.8 Å². The molecule has 0 saturated heterocycles. The molecule has 0 saturated carbocycles. The third-order valence-electron chi connectivity index (χ3n) is 10.3. The Balaban J connectivity index is 1.42. The van der Waals surface area contributed by atoms with Crippen molar-refractivity contribution in [3.63, 3.8) is 0 Å². The first-order chi connectivity index (χ1) is 40.0. The van der Waals surface area contributed by atoms with Crippen LogP contribution >= 0.6 is 14.3 Å². The van der Waals surface area contributed by atoms with Crippen LogP contribution in [0.3, 0.4) is 0 Å². The summed E-state index contributed by atoms with van der Waals surface area (Å²) in [7, 11) is -11.2. The summed E-state index contributed by atoms with van der Waals surface area (Å²) >= 11 is 0. The van der Waals surface area contributed by atoms with Gasteiger partial charge in [-0.25, -0.2) is 0 Å². The predicted molar refractivity (Wildman–Crippen MR) is 239 cm³/mol. The van der Waals surface area contributed by atoms with Gasteiger partial charge in [0.1, 0.15) is 0 Å². The maximum absolute atomic E-state index is 17.1. The first-order valence-corrected chi connectivity index (χ1v) is 20.4. The van der Waals surface area contributed by atoms with Gasteiger partial charge >= 0.3 is 0 Å². The maximum atomic E-state index is 17.1. The van der Waals surface area contributed by atoms with Crippen molar-refractivity contribution < 1.29 is 48.9 Å². The van der Waals surface area contributed by atoms with Gasteiger partial charge in [0.2, 0.25) is 0 Å². The van der Waals surface area contributed by atoms with Gasteiger partial charge in [-0.15, -0.1) is 0 Å². The third-order valence-corrected chi connectivity index (χ3v) is 15.7. The number of rotatable bonds is 6. The van der Waals surface area contributed by atoms with Crippen LogP contribution in [0.5, 0.6) is 0 Å². The molecule has 0 unspecified atom stereocenters. The first-order valence-electron chi connectivity index (χ1n) is 31.5. The molecule has 0 radical (unpaired) electrons. The molecule has 2 aliphatic carbocycles. The van der Waals surface area contributed by atoms with Crippen molar-refractivity contribution in [3.05, 3.63) is 240 Å². The Morgan fingerprint density at radius 1 is 0.351 bits per heavy atom. The lowest BCUT2D eigenvalue weighted by Crippen LogP contribution is -2.31. The molecule has 0 fully saturated rings. The molecule has 11 rings (SSSR count). The average molecular weight is 796 g/mol. The summed E-state index contributed by atoms with van der Waals surface area (Å²) in [5.41, 5.74) is -4.96. The molecule has 9 aromatic carbocycles. The molecule has 4 heteroatoms. The lowest BCUT2D eigenvalue weighted by molar-refractivity contribution is 0.591. The van der Waals surface area contributed by atoms with Crippen molar-refractivity contribution in [1.82, 2.24) is 0 Å². The van der Waals surface area contributed by atoms with Crippen LogP contribution in [0.4, 0.5) is 0 Å². The van der Waals surface area contributed by atoms with E-state index in [4.69, 9.17) is 21.9 Å². The smallest absolute Gasteiger partial charge is 0.171 e. The summed E-state index contributed by atoms with van der Waals surface area (Å²) in [5, 5.41) is -6.48. The highest BCUT2D eigenvalue weighted by Gasteiger charge is 2.53. The highest BCUT2D eigenvalue weighted by atomic mass is 31.2. The Bertz CT molecular complexity index is 4380. The summed E-state index contributed by atoms with van der Waals surface area (Å²) in [5.74, 6) is 0. The van der Waals surface area contributed by atoms with Crippen molar-refractivity contribution in [1.29, 1.82) is 0 Å². The Morgan fingerprint density at radius 2 is 0.772 bits per heavy atom. The molecule has 2 aliphatic rings. The molecule has 0 aliphatic heterocycles. The van der Waals surface area contributed by atoms with Gasteiger partial charge in [0.25, 0.3) is 0 Å². The Labute approximate surface area is 373 Å². The van der Waals surface area contributed by atoms with Crippen LogP contribution in [-0.4, -0.2) is 0 Å². The monoisotopic (exact) mass is 795 g/mol. The fraction of sp³-hybridized carbons (Fsp3) is 0.0189. The zero-order chi connectivity index (χ0) is 63.4. The normalized spacial score (nSPS) is 20.7. The van der Waals surface area contributed by atoms with E-state index in [0.717, 1.165) is 30.3 Å². The summed E-state index contributed by atoms with van der Waals surface area (Å²) < 4.78 is 295. The second-order valence-electron chi connectivity index (χ2n) is 12.9. The number of benzene rings is 9. The van der Waals surface area contributed by atoms with Crippen molar-refractivity contribution in [2.24, 2.45) is 0 Å². The van der Waals surface area contributed by atoms with E-state index in [9.17, 15) is 17.8 Å². The van der Waals surface area contributed by atoms with Crippen molar-refractivity contribution >= 4 is 56.9 Å². The van der Waals surface area contributed by atoms with E-state index in [1.165, 1.54) is 12.1 Å². The third kappa shape index (κ3) is 4.73. The van der Waals surface area contributed by atoms with Gasteiger partial charge in [0.15, 0.2) is 14.3 Å². The van der Waals surface area contributed by atoms with Gasteiger partial charge in [0.05, 0.1) is 45.2 Å². The van der Waals surface area contributed by atoms with Crippen LogP contribution in [0.1, 0.15) is 62.0 Å². The lowest BCUT2D eigenvalue weighted by Gasteiger charge is -2.32. The summed E-state index contributed by atoms with van der Waals surface area (Å²) in [6, 6.07) is -21.4. The van der Waals surface area contributed by atoms with Gasteiger partial charge in [0, 0.05) is 31.8 Å². The van der Waals surface area contributed by atoms with Crippen LogP contribution in [0.25, 0.3) is 33.0 Å². The molecule has 0 N–H and O–H groups in total. The molecule has 0 amide bonds. The zero-order valence-electron chi connectivity index (χ0n) is 57.8. The van der Waals surface area contributed by atoms with Crippen LogP contribution in [0.15, 0.2) is 218 Å². The Hall–Kier alpha value is -6.30. The Morgan fingerprint density at radius 3 is 1.26 bits per heavy atom. The van der Waals surface area contributed by atoms with Gasteiger partial charge in [-0.05, 0) is 67.4 Å². The van der Waals surface area contributed by atoms with Gasteiger partial charge in [-0.3, -0.25) is 0 Å². The molecular formula is C53H36O2P2. The van der Waals surface area contributed by atoms with E-state index in [0.29, 0.717) is 0 Å². The first kappa shape index (κ1) is 15.6. The van der Waals surface area contributed by atoms with E-state index in [-0.39, 0.29) is 33.4 Å². The number of fused-ring (bicyclic) bond motifs is 12. The van der Waals surface area contributed by atoms with Crippen molar-refractivity contribution in [2.75, 3.05) is 0 Å². The highest BCUT2D eigenvalue weighted by Crippen LogP contribution is 2.64. The molecule has 2 nitrogen and oxygen atoms in total. The maximum Gasteiger partial charge on any atom is 0.171 e. The van der Waals surface area contributed by atoms with Gasteiger partial charge in [-0.1, -0.05) is 206 Å². The molecule has 0 aromatic heterocycles. The second-order valence-corrected chi connectivity index (χ2v) is 18.2. The largest absolute Gasteiger partial charge is 0.309 e. The van der Waals surface area contributed by atoms with E-state index in [1.54, 1.807) is 0 Å². The number of hydrogen-bond acceptors (Lipinski definition) is 2. The van der Waals surface area contributed by atoms with Crippen molar-refractivity contribution in [3.8, 4) is 22.3 Å². The minimum Gasteiger partial charge on any atom is -0.309 e. The van der Waals surface area contributed by atoms with E-state index in [2.05, 4.69) is 0 Å². The highest BCUT2D eigenvalue weighted by molar-refractivity contribution is 7.85. The lowest BCUT2D eigenvalue weighted by atomic mass is 9.70. The number of hydrogen-bond donors (Lipinski definition) is 0. The molecule has 270 valence electrons. The van der Waals surface area contributed by atoms with Crippen LogP contribution in [0.2, 0.25) is 0 Å². The fourth-order valence-corrected chi connectivity index (χ4v) is 12.4.